The molecular weight excluding hydrogens is 278 g/mol. The first-order valence-corrected chi connectivity index (χ1v) is 8.66. The number of nitriles is 1. The van der Waals surface area contributed by atoms with E-state index in [9.17, 15) is 0 Å². The third-order valence-corrected chi connectivity index (χ3v) is 5.19. The largest absolute Gasteiger partial charge is 0.385 e. The Balaban J connectivity index is 1.80. The second kappa shape index (κ2) is 9.46. The molecule has 0 N–H and O–H groups in total. The molecule has 0 aromatic carbocycles. The summed E-state index contributed by atoms with van der Waals surface area (Å²) in [4.78, 5) is 4.99. The lowest BCUT2D eigenvalue weighted by Crippen LogP contribution is -2.47. The summed E-state index contributed by atoms with van der Waals surface area (Å²) in [6.07, 6.45) is 5.76. The van der Waals surface area contributed by atoms with Gasteiger partial charge < -0.3 is 14.4 Å². The molecule has 0 aromatic heterocycles. The molecule has 0 spiro atoms. The maximum Gasteiger partial charge on any atom is 0.0635 e. The Labute approximate surface area is 135 Å². The number of nitrogens with zero attached hydrogens (tertiary/aromatic N) is 3. The molecule has 5 heteroatoms. The van der Waals surface area contributed by atoms with Crippen LogP contribution in [-0.2, 0) is 9.47 Å². The van der Waals surface area contributed by atoms with Gasteiger partial charge in [0.1, 0.15) is 0 Å². The van der Waals surface area contributed by atoms with Gasteiger partial charge in [0, 0.05) is 59.4 Å². The van der Waals surface area contributed by atoms with E-state index < -0.39 is 0 Å². The number of rotatable bonds is 10. The summed E-state index contributed by atoms with van der Waals surface area (Å²) in [5.41, 5.74) is 0.441. The van der Waals surface area contributed by atoms with Gasteiger partial charge in [-0.3, -0.25) is 4.90 Å². The van der Waals surface area contributed by atoms with Crippen LogP contribution in [-0.4, -0.2) is 76.0 Å². The summed E-state index contributed by atoms with van der Waals surface area (Å²) in [5, 5.41) is 8.92. The average Bonchev–Trinajstić information content (AvgIpc) is 2.53. The van der Waals surface area contributed by atoms with Crippen molar-refractivity contribution in [2.45, 2.75) is 32.1 Å². The zero-order chi connectivity index (χ0) is 15.7. The molecule has 0 unspecified atom stereocenters. The van der Waals surface area contributed by atoms with Crippen molar-refractivity contribution in [1.82, 2.24) is 9.80 Å². The van der Waals surface area contributed by atoms with Crippen molar-refractivity contribution >= 4 is 0 Å². The van der Waals surface area contributed by atoms with E-state index in [1.807, 2.05) is 0 Å². The molecular formula is C17H31N3O2. The van der Waals surface area contributed by atoms with Crippen LogP contribution in [0.5, 0.6) is 0 Å². The van der Waals surface area contributed by atoms with Crippen LogP contribution in [0.1, 0.15) is 32.1 Å². The third-order valence-electron chi connectivity index (χ3n) is 5.19. The quantitative estimate of drug-likeness (QED) is 0.615. The van der Waals surface area contributed by atoms with Gasteiger partial charge in [-0.2, -0.15) is 5.26 Å². The summed E-state index contributed by atoms with van der Waals surface area (Å²) in [6.45, 7) is 8.84. The molecule has 0 radical (unpaired) electrons. The van der Waals surface area contributed by atoms with Crippen LogP contribution in [0.2, 0.25) is 0 Å². The monoisotopic (exact) mass is 309 g/mol. The Kier molecular flexibility index (Phi) is 7.61. The molecule has 1 heterocycles. The molecule has 0 atom stereocenters. The van der Waals surface area contributed by atoms with Crippen molar-refractivity contribution in [1.29, 1.82) is 5.26 Å². The topological polar surface area (TPSA) is 48.7 Å². The molecule has 1 aliphatic heterocycles. The van der Waals surface area contributed by atoms with Crippen molar-refractivity contribution in [2.75, 3.05) is 66.2 Å². The predicted octanol–water partition coefficient (Wildman–Crippen LogP) is 1.74. The van der Waals surface area contributed by atoms with E-state index in [2.05, 4.69) is 15.9 Å². The van der Waals surface area contributed by atoms with Crippen molar-refractivity contribution in [3.63, 3.8) is 0 Å². The van der Waals surface area contributed by atoms with Crippen molar-refractivity contribution in [2.24, 2.45) is 5.41 Å². The van der Waals surface area contributed by atoms with Crippen LogP contribution < -0.4 is 0 Å². The minimum Gasteiger partial charge on any atom is -0.385 e. The van der Waals surface area contributed by atoms with Gasteiger partial charge in [-0.25, -0.2) is 0 Å². The van der Waals surface area contributed by atoms with Crippen LogP contribution in [0, 0.1) is 16.7 Å². The van der Waals surface area contributed by atoms with Gasteiger partial charge >= 0.3 is 0 Å². The fourth-order valence-corrected chi connectivity index (χ4v) is 3.54. The van der Waals surface area contributed by atoms with Crippen LogP contribution >= 0.6 is 0 Å². The number of hydrogen-bond donors (Lipinski definition) is 0. The van der Waals surface area contributed by atoms with E-state index >= 15 is 0 Å². The second-order valence-electron chi connectivity index (χ2n) is 6.73. The van der Waals surface area contributed by atoms with E-state index in [1.54, 1.807) is 7.11 Å². The Morgan fingerprint density at radius 2 is 2.05 bits per heavy atom. The lowest BCUT2D eigenvalue weighted by atomic mass is 9.66. The molecule has 0 aromatic rings. The number of methoxy groups -OCH3 is 1. The highest BCUT2D eigenvalue weighted by atomic mass is 16.5. The summed E-state index contributed by atoms with van der Waals surface area (Å²) in [6, 6.07) is 2.30. The first kappa shape index (κ1) is 17.7. The predicted molar refractivity (Wildman–Crippen MR) is 86.7 cm³/mol. The Morgan fingerprint density at radius 1 is 1.27 bits per heavy atom. The highest BCUT2D eigenvalue weighted by Gasteiger charge is 2.37. The van der Waals surface area contributed by atoms with Crippen LogP contribution in [0.25, 0.3) is 0 Å². The average molecular weight is 309 g/mol. The molecule has 1 saturated carbocycles. The fourth-order valence-electron chi connectivity index (χ4n) is 3.54. The molecule has 1 aliphatic carbocycles. The minimum atomic E-state index is 0.441. The zero-order valence-electron chi connectivity index (χ0n) is 14.1. The van der Waals surface area contributed by atoms with Gasteiger partial charge in [0.15, 0.2) is 0 Å². The first-order chi connectivity index (χ1) is 10.8. The highest BCUT2D eigenvalue weighted by molar-refractivity contribution is 4.91. The Morgan fingerprint density at radius 3 is 2.64 bits per heavy atom. The smallest absolute Gasteiger partial charge is 0.0635 e. The van der Waals surface area contributed by atoms with Gasteiger partial charge in [0.05, 0.1) is 19.3 Å². The maximum atomic E-state index is 8.92. The van der Waals surface area contributed by atoms with Gasteiger partial charge in [-0.15, -0.1) is 0 Å². The van der Waals surface area contributed by atoms with Crippen molar-refractivity contribution in [3.8, 4) is 6.07 Å². The van der Waals surface area contributed by atoms with Gasteiger partial charge in [0.2, 0.25) is 0 Å². The molecule has 2 fully saturated rings. The molecule has 0 amide bonds. The van der Waals surface area contributed by atoms with E-state index in [0.29, 0.717) is 11.8 Å². The summed E-state index contributed by atoms with van der Waals surface area (Å²) >= 11 is 0. The number of morpholine rings is 1. The Bertz CT molecular complexity index is 346. The van der Waals surface area contributed by atoms with E-state index in [-0.39, 0.29) is 0 Å². The van der Waals surface area contributed by atoms with E-state index in [0.717, 1.165) is 65.5 Å². The van der Waals surface area contributed by atoms with Crippen LogP contribution in [0.4, 0.5) is 0 Å². The highest BCUT2D eigenvalue weighted by Crippen LogP contribution is 2.44. The van der Waals surface area contributed by atoms with Crippen LogP contribution in [0.15, 0.2) is 0 Å². The molecule has 0 bridgehead atoms. The van der Waals surface area contributed by atoms with E-state index in [4.69, 9.17) is 14.7 Å². The molecule has 1 saturated heterocycles. The van der Waals surface area contributed by atoms with Crippen LogP contribution in [0.3, 0.4) is 0 Å². The lowest BCUT2D eigenvalue weighted by molar-refractivity contribution is 0.0136. The summed E-state index contributed by atoms with van der Waals surface area (Å²) in [7, 11) is 1.79. The standard InChI is InChI=1S/C17H31N3O2/c1-21-13-6-17(4-2-5-17)16-20(8-3-7-18)10-9-19-11-14-22-15-12-19/h2-6,8-16H2,1H3. The van der Waals surface area contributed by atoms with Gasteiger partial charge in [-0.05, 0) is 24.7 Å². The number of hydrogen-bond acceptors (Lipinski definition) is 5. The second-order valence-corrected chi connectivity index (χ2v) is 6.73. The lowest BCUT2D eigenvalue weighted by Gasteiger charge is -2.45. The SMILES string of the molecule is COCCC1(CN(CCC#N)CCN2CCOCC2)CCC1. The molecule has 2 rings (SSSR count). The van der Waals surface area contributed by atoms with Gasteiger partial charge in [0.25, 0.3) is 0 Å². The van der Waals surface area contributed by atoms with Gasteiger partial charge in [-0.1, -0.05) is 6.42 Å². The molecule has 5 nitrogen and oxygen atoms in total. The minimum absolute atomic E-state index is 0.441. The van der Waals surface area contributed by atoms with Crippen molar-refractivity contribution in [3.05, 3.63) is 0 Å². The fraction of sp³-hybridized carbons (Fsp3) is 0.941. The maximum absolute atomic E-state index is 8.92. The zero-order valence-corrected chi connectivity index (χ0v) is 14.1. The summed E-state index contributed by atoms with van der Waals surface area (Å²) < 4.78 is 10.7. The first-order valence-electron chi connectivity index (χ1n) is 8.66. The molecule has 2 aliphatic rings. The molecule has 126 valence electrons. The summed E-state index contributed by atoms with van der Waals surface area (Å²) in [5.74, 6) is 0. The van der Waals surface area contributed by atoms with Crippen molar-refractivity contribution < 1.29 is 9.47 Å². The Hall–Kier alpha value is -0.670. The third kappa shape index (κ3) is 5.51. The molecule has 22 heavy (non-hydrogen) atoms. The number of ether oxygens (including phenoxy) is 2. The van der Waals surface area contributed by atoms with E-state index in [1.165, 1.54) is 19.3 Å². The normalized spacial score (nSPS) is 21.5.